The lowest BCUT2D eigenvalue weighted by atomic mass is 10.1. The zero-order valence-corrected chi connectivity index (χ0v) is 15.8. The Labute approximate surface area is 166 Å². The average Bonchev–Trinajstić information content (AvgIpc) is 2.74. The van der Waals surface area contributed by atoms with Crippen LogP contribution >= 0.6 is 11.6 Å². The average molecular weight is 390 g/mol. The number of ether oxygens (including phenoxy) is 1. The molecular weight excluding hydrogens is 374 g/mol. The standard InChI is InChI=1S/C23H16ClNO3/c1-27-23(26)16-8-12-18(13-9-16)25-20-14-22(15-6-10-17(24)11-7-15)28-21-5-3-2-4-19(20)21/h2-14H,1H3. The summed E-state index contributed by atoms with van der Waals surface area (Å²) in [5, 5.41) is 2.34. The van der Waals surface area contributed by atoms with Gasteiger partial charge in [0.15, 0.2) is 0 Å². The van der Waals surface area contributed by atoms with Gasteiger partial charge >= 0.3 is 5.97 Å². The first kappa shape index (κ1) is 18.0. The van der Waals surface area contributed by atoms with E-state index in [0.29, 0.717) is 16.3 Å². The number of methoxy groups -OCH3 is 1. The number of halogens is 1. The fourth-order valence-corrected chi connectivity index (χ4v) is 3.02. The van der Waals surface area contributed by atoms with E-state index in [0.717, 1.165) is 27.6 Å². The second-order valence-corrected chi connectivity index (χ2v) is 6.59. The van der Waals surface area contributed by atoms with Gasteiger partial charge < -0.3 is 9.15 Å². The van der Waals surface area contributed by atoms with Crippen LogP contribution in [0, 0.1) is 0 Å². The SMILES string of the molecule is COC(=O)c1ccc(N=c2cc(-c3ccc(Cl)cc3)oc3ccccc23)cc1. The van der Waals surface area contributed by atoms with Crippen molar-refractivity contribution in [2.45, 2.75) is 0 Å². The number of nitrogens with zero attached hydrogens (tertiary/aromatic N) is 1. The van der Waals surface area contributed by atoms with E-state index in [4.69, 9.17) is 25.7 Å². The van der Waals surface area contributed by atoms with Gasteiger partial charge in [-0.05, 0) is 60.7 Å². The van der Waals surface area contributed by atoms with Gasteiger partial charge in [0.2, 0.25) is 0 Å². The predicted molar refractivity (Wildman–Crippen MR) is 110 cm³/mol. The molecule has 1 heterocycles. The Hall–Kier alpha value is -3.37. The minimum atomic E-state index is -0.375. The molecule has 0 amide bonds. The van der Waals surface area contributed by atoms with Crippen LogP contribution in [0.4, 0.5) is 5.69 Å². The number of carbonyl (C=O) groups excluding carboxylic acids is 1. The summed E-state index contributed by atoms with van der Waals surface area (Å²) in [7, 11) is 1.36. The normalized spacial score (nSPS) is 11.6. The zero-order chi connectivity index (χ0) is 19.5. The highest BCUT2D eigenvalue weighted by atomic mass is 35.5. The smallest absolute Gasteiger partial charge is 0.337 e. The van der Waals surface area contributed by atoms with Crippen LogP contribution in [-0.2, 0) is 4.74 Å². The maximum atomic E-state index is 11.6. The fourth-order valence-electron chi connectivity index (χ4n) is 2.89. The van der Waals surface area contributed by atoms with Gasteiger partial charge in [-0.2, -0.15) is 0 Å². The van der Waals surface area contributed by atoms with Gasteiger partial charge in [0.25, 0.3) is 0 Å². The van der Waals surface area contributed by atoms with Crippen molar-refractivity contribution in [3.8, 4) is 11.3 Å². The van der Waals surface area contributed by atoms with Crippen LogP contribution in [0.15, 0.2) is 88.3 Å². The second kappa shape index (κ2) is 7.71. The van der Waals surface area contributed by atoms with Gasteiger partial charge in [0, 0.05) is 22.0 Å². The third-order valence-electron chi connectivity index (χ3n) is 4.32. The summed E-state index contributed by atoms with van der Waals surface area (Å²) in [4.78, 5) is 16.4. The summed E-state index contributed by atoms with van der Waals surface area (Å²) in [6.07, 6.45) is 0. The third kappa shape index (κ3) is 3.68. The Balaban J connectivity index is 1.86. The highest BCUT2D eigenvalue weighted by Crippen LogP contribution is 2.24. The van der Waals surface area contributed by atoms with Crippen molar-refractivity contribution in [1.82, 2.24) is 0 Å². The van der Waals surface area contributed by atoms with Crippen molar-refractivity contribution in [3.05, 3.63) is 94.8 Å². The van der Waals surface area contributed by atoms with Gasteiger partial charge in [-0.3, -0.25) is 0 Å². The molecule has 1 aromatic heterocycles. The summed E-state index contributed by atoms with van der Waals surface area (Å²) in [5.74, 6) is 0.320. The first-order chi connectivity index (χ1) is 13.6. The molecule has 0 atom stereocenters. The maximum absolute atomic E-state index is 11.6. The summed E-state index contributed by atoms with van der Waals surface area (Å²) >= 11 is 6.00. The van der Waals surface area contributed by atoms with Gasteiger partial charge in [-0.25, -0.2) is 9.79 Å². The quantitative estimate of drug-likeness (QED) is 0.418. The molecule has 0 aliphatic rings. The number of esters is 1. The second-order valence-electron chi connectivity index (χ2n) is 6.15. The van der Waals surface area contributed by atoms with Gasteiger partial charge in [-0.1, -0.05) is 23.7 Å². The van der Waals surface area contributed by atoms with Crippen LogP contribution in [0.2, 0.25) is 5.02 Å². The first-order valence-electron chi connectivity index (χ1n) is 8.66. The van der Waals surface area contributed by atoms with E-state index >= 15 is 0 Å². The largest absolute Gasteiger partial charge is 0.465 e. The van der Waals surface area contributed by atoms with Crippen molar-refractivity contribution in [2.24, 2.45) is 4.99 Å². The molecule has 0 saturated carbocycles. The molecule has 0 radical (unpaired) electrons. The third-order valence-corrected chi connectivity index (χ3v) is 4.57. The predicted octanol–water partition coefficient (Wildman–Crippen LogP) is 5.77. The molecule has 138 valence electrons. The zero-order valence-electron chi connectivity index (χ0n) is 15.1. The first-order valence-corrected chi connectivity index (χ1v) is 9.04. The molecule has 0 aliphatic carbocycles. The molecule has 3 aromatic carbocycles. The minimum absolute atomic E-state index is 0.375. The number of para-hydroxylation sites is 1. The molecule has 5 heteroatoms. The van der Waals surface area contributed by atoms with Crippen molar-refractivity contribution in [2.75, 3.05) is 7.11 Å². The molecule has 0 saturated heterocycles. The van der Waals surface area contributed by atoms with E-state index in [9.17, 15) is 4.79 Å². The lowest BCUT2D eigenvalue weighted by Crippen LogP contribution is -2.03. The van der Waals surface area contributed by atoms with E-state index in [-0.39, 0.29) is 5.97 Å². The number of benzene rings is 3. The molecule has 4 aromatic rings. The molecule has 28 heavy (non-hydrogen) atoms. The van der Waals surface area contributed by atoms with Crippen LogP contribution in [0.1, 0.15) is 10.4 Å². The molecule has 0 bridgehead atoms. The number of hydrogen-bond donors (Lipinski definition) is 0. The molecule has 0 unspecified atom stereocenters. The number of carbonyl (C=O) groups is 1. The molecule has 0 spiro atoms. The summed E-state index contributed by atoms with van der Waals surface area (Å²) in [6.45, 7) is 0. The number of hydrogen-bond acceptors (Lipinski definition) is 4. The van der Waals surface area contributed by atoms with Crippen molar-refractivity contribution < 1.29 is 13.9 Å². The van der Waals surface area contributed by atoms with Gasteiger partial charge in [-0.15, -0.1) is 0 Å². The van der Waals surface area contributed by atoms with E-state index in [2.05, 4.69) is 0 Å². The summed E-state index contributed by atoms with van der Waals surface area (Å²) < 4.78 is 10.8. The van der Waals surface area contributed by atoms with Crippen LogP contribution in [0.5, 0.6) is 0 Å². The molecule has 0 N–H and O–H groups in total. The van der Waals surface area contributed by atoms with Crippen molar-refractivity contribution >= 4 is 34.2 Å². The highest BCUT2D eigenvalue weighted by Gasteiger charge is 2.07. The van der Waals surface area contributed by atoms with Crippen molar-refractivity contribution in [1.29, 1.82) is 0 Å². The van der Waals surface area contributed by atoms with E-state index in [1.165, 1.54) is 7.11 Å². The van der Waals surface area contributed by atoms with E-state index in [1.54, 1.807) is 24.3 Å². The van der Waals surface area contributed by atoms with Crippen LogP contribution in [-0.4, -0.2) is 13.1 Å². The van der Waals surface area contributed by atoms with E-state index < -0.39 is 0 Å². The molecule has 4 nitrogen and oxygen atoms in total. The number of fused-ring (bicyclic) bond motifs is 1. The lowest BCUT2D eigenvalue weighted by molar-refractivity contribution is 0.0601. The van der Waals surface area contributed by atoms with Crippen molar-refractivity contribution in [3.63, 3.8) is 0 Å². The molecule has 4 rings (SSSR count). The Bertz CT molecular complexity index is 1210. The highest BCUT2D eigenvalue weighted by molar-refractivity contribution is 6.30. The molecule has 0 aliphatic heterocycles. The Kier molecular flexibility index (Phi) is 4.96. The lowest BCUT2D eigenvalue weighted by Gasteiger charge is -2.05. The Morgan fingerprint density at radius 3 is 2.39 bits per heavy atom. The van der Waals surface area contributed by atoms with Crippen LogP contribution in [0.25, 0.3) is 22.3 Å². The van der Waals surface area contributed by atoms with Gasteiger partial charge in [0.1, 0.15) is 11.3 Å². The minimum Gasteiger partial charge on any atom is -0.465 e. The number of rotatable bonds is 3. The van der Waals surface area contributed by atoms with Crippen LogP contribution in [0.3, 0.4) is 0 Å². The monoisotopic (exact) mass is 389 g/mol. The molecular formula is C23H16ClNO3. The Morgan fingerprint density at radius 1 is 0.964 bits per heavy atom. The van der Waals surface area contributed by atoms with Gasteiger partial charge in [0.05, 0.1) is 23.7 Å². The van der Waals surface area contributed by atoms with Crippen LogP contribution < -0.4 is 5.36 Å². The topological polar surface area (TPSA) is 51.8 Å². The summed E-state index contributed by atoms with van der Waals surface area (Å²) in [6, 6.07) is 24.1. The fraction of sp³-hybridized carbons (Fsp3) is 0.0435. The molecule has 0 fully saturated rings. The Morgan fingerprint density at radius 2 is 1.68 bits per heavy atom. The summed E-state index contributed by atoms with van der Waals surface area (Å²) in [5.41, 5.74) is 2.86. The maximum Gasteiger partial charge on any atom is 0.337 e. The van der Waals surface area contributed by atoms with E-state index in [1.807, 2.05) is 54.6 Å².